The van der Waals surface area contributed by atoms with Crippen LogP contribution in [-0.4, -0.2) is 24.6 Å². The van der Waals surface area contributed by atoms with Gasteiger partial charge in [0.25, 0.3) is 5.56 Å². The van der Waals surface area contributed by atoms with Crippen LogP contribution in [0.2, 0.25) is 5.28 Å². The van der Waals surface area contributed by atoms with Crippen LogP contribution in [0.3, 0.4) is 0 Å². The summed E-state index contributed by atoms with van der Waals surface area (Å²) in [7, 11) is 2.84. The van der Waals surface area contributed by atoms with E-state index in [0.717, 1.165) is 15.9 Å². The normalized spacial score (nSPS) is 11.0. The number of imidazole rings is 1. The molecule has 2 aromatic heterocycles. The quantitative estimate of drug-likeness (QED) is 0.468. The number of amides is 1. The van der Waals surface area contributed by atoms with Gasteiger partial charge in [-0.3, -0.25) is 23.3 Å². The fourth-order valence-electron chi connectivity index (χ4n) is 3.33. The number of benzene rings is 2. The molecular weight excluding hydrogens is 434 g/mol. The molecule has 0 spiro atoms. The van der Waals surface area contributed by atoms with Gasteiger partial charge in [0.1, 0.15) is 18.0 Å². The zero-order valence-electron chi connectivity index (χ0n) is 17.6. The van der Waals surface area contributed by atoms with Crippen LogP contribution in [0.4, 0.5) is 5.69 Å². The molecule has 1 amide bonds. The lowest BCUT2D eigenvalue weighted by Gasteiger charge is -2.10. The van der Waals surface area contributed by atoms with Gasteiger partial charge in [-0.05, 0) is 60.5 Å². The maximum absolute atomic E-state index is 12.6. The third kappa shape index (κ3) is 4.02. The Labute approximate surface area is 187 Å². The van der Waals surface area contributed by atoms with Crippen LogP contribution in [0.25, 0.3) is 11.2 Å². The minimum Gasteiger partial charge on any atom is -0.457 e. The number of carbonyl (C=O) groups excluding carboxylic acids is 1. The van der Waals surface area contributed by atoms with Crippen molar-refractivity contribution in [1.29, 1.82) is 0 Å². The number of hydrogen-bond acceptors (Lipinski definition) is 5. The van der Waals surface area contributed by atoms with E-state index in [0.29, 0.717) is 11.4 Å². The molecule has 164 valence electrons. The summed E-state index contributed by atoms with van der Waals surface area (Å²) in [5.74, 6) is 0.940. The van der Waals surface area contributed by atoms with E-state index in [1.807, 2.05) is 31.2 Å². The van der Waals surface area contributed by atoms with Gasteiger partial charge in [0.15, 0.2) is 11.2 Å². The Balaban J connectivity index is 1.52. The number of nitrogens with one attached hydrogen (secondary N) is 1. The highest BCUT2D eigenvalue weighted by molar-refractivity contribution is 6.29. The minimum absolute atomic E-state index is 0.0599. The van der Waals surface area contributed by atoms with E-state index in [4.69, 9.17) is 16.3 Å². The number of carbonyl (C=O) groups is 1. The van der Waals surface area contributed by atoms with Crippen LogP contribution in [0.5, 0.6) is 11.5 Å². The number of fused-ring (bicyclic) bond motifs is 1. The van der Waals surface area contributed by atoms with E-state index < -0.39 is 17.2 Å². The molecule has 0 bridgehead atoms. The summed E-state index contributed by atoms with van der Waals surface area (Å²) >= 11 is 6.16. The van der Waals surface area contributed by atoms with Gasteiger partial charge in [-0.15, -0.1) is 0 Å². The van der Waals surface area contributed by atoms with Crippen LogP contribution in [0.15, 0.2) is 58.1 Å². The van der Waals surface area contributed by atoms with Gasteiger partial charge in [-0.2, -0.15) is 4.98 Å². The largest absolute Gasteiger partial charge is 0.457 e. The van der Waals surface area contributed by atoms with Gasteiger partial charge in [-0.25, -0.2) is 4.79 Å². The fraction of sp³-hybridized carbons (Fsp3) is 0.182. The molecule has 4 rings (SSSR count). The Bertz CT molecular complexity index is 1450. The average Bonchev–Trinajstić information content (AvgIpc) is 3.08. The smallest absolute Gasteiger partial charge is 0.332 e. The number of rotatable bonds is 5. The van der Waals surface area contributed by atoms with Crippen molar-refractivity contribution in [3.63, 3.8) is 0 Å². The lowest BCUT2D eigenvalue weighted by molar-refractivity contribution is -0.116. The molecule has 0 saturated carbocycles. The summed E-state index contributed by atoms with van der Waals surface area (Å²) in [5, 5.41) is 2.69. The number of halogens is 1. The maximum Gasteiger partial charge on any atom is 0.332 e. The maximum atomic E-state index is 12.6. The van der Waals surface area contributed by atoms with Crippen molar-refractivity contribution in [2.75, 3.05) is 5.32 Å². The lowest BCUT2D eigenvalue weighted by Crippen LogP contribution is -2.37. The van der Waals surface area contributed by atoms with Crippen LogP contribution in [-0.2, 0) is 25.4 Å². The van der Waals surface area contributed by atoms with Crippen LogP contribution in [0.1, 0.15) is 5.56 Å². The molecule has 0 atom stereocenters. The fourth-order valence-corrected chi connectivity index (χ4v) is 3.55. The summed E-state index contributed by atoms with van der Waals surface area (Å²) in [6.45, 7) is 1.74. The summed E-state index contributed by atoms with van der Waals surface area (Å²) in [6.07, 6.45) is 0. The van der Waals surface area contributed by atoms with Crippen molar-refractivity contribution >= 4 is 34.4 Å². The highest BCUT2D eigenvalue weighted by atomic mass is 35.5. The van der Waals surface area contributed by atoms with E-state index >= 15 is 0 Å². The first-order valence-corrected chi connectivity index (χ1v) is 10.1. The molecule has 0 aliphatic heterocycles. The second kappa shape index (κ2) is 8.35. The number of nitrogens with zero attached hydrogens (tertiary/aromatic N) is 4. The molecule has 0 radical (unpaired) electrons. The zero-order chi connectivity index (χ0) is 23.0. The predicted octanol–water partition coefficient (Wildman–Crippen LogP) is 2.83. The molecule has 9 nitrogen and oxygen atoms in total. The number of ether oxygens (including phenoxy) is 1. The van der Waals surface area contributed by atoms with Gasteiger partial charge in [0, 0.05) is 19.8 Å². The third-order valence-electron chi connectivity index (χ3n) is 4.97. The van der Waals surface area contributed by atoms with Crippen molar-refractivity contribution in [3.8, 4) is 11.5 Å². The predicted molar refractivity (Wildman–Crippen MR) is 122 cm³/mol. The Morgan fingerprint density at radius 3 is 2.47 bits per heavy atom. The van der Waals surface area contributed by atoms with Crippen molar-refractivity contribution in [2.45, 2.75) is 13.5 Å². The van der Waals surface area contributed by atoms with Crippen LogP contribution < -0.4 is 21.3 Å². The number of anilines is 1. The van der Waals surface area contributed by atoms with Crippen molar-refractivity contribution in [2.24, 2.45) is 14.1 Å². The first-order valence-electron chi connectivity index (χ1n) is 9.71. The zero-order valence-corrected chi connectivity index (χ0v) is 18.4. The topological polar surface area (TPSA) is 100 Å². The van der Waals surface area contributed by atoms with Gasteiger partial charge >= 0.3 is 5.69 Å². The van der Waals surface area contributed by atoms with E-state index in [9.17, 15) is 14.4 Å². The Morgan fingerprint density at radius 1 is 1.06 bits per heavy atom. The molecule has 0 unspecified atom stereocenters. The van der Waals surface area contributed by atoms with E-state index in [1.54, 1.807) is 24.3 Å². The molecule has 1 N–H and O–H groups in total. The summed E-state index contributed by atoms with van der Waals surface area (Å²) in [6, 6.07) is 14.6. The summed E-state index contributed by atoms with van der Waals surface area (Å²) < 4.78 is 9.25. The molecular formula is C22H20ClN5O4. The molecule has 0 saturated heterocycles. The van der Waals surface area contributed by atoms with Crippen LogP contribution >= 0.6 is 11.6 Å². The molecule has 4 aromatic rings. The second-order valence-electron chi connectivity index (χ2n) is 7.34. The van der Waals surface area contributed by atoms with Crippen LogP contribution in [0, 0.1) is 6.92 Å². The Morgan fingerprint density at radius 2 is 1.78 bits per heavy atom. The van der Waals surface area contributed by atoms with E-state index in [2.05, 4.69) is 10.3 Å². The average molecular weight is 454 g/mol. The van der Waals surface area contributed by atoms with Crippen molar-refractivity contribution in [1.82, 2.24) is 18.7 Å². The molecule has 32 heavy (non-hydrogen) atoms. The third-order valence-corrected chi connectivity index (χ3v) is 5.25. The monoisotopic (exact) mass is 453 g/mol. The molecule has 0 aliphatic rings. The molecule has 0 fully saturated rings. The summed E-state index contributed by atoms with van der Waals surface area (Å²) in [4.78, 5) is 41.3. The highest BCUT2D eigenvalue weighted by Gasteiger charge is 2.19. The SMILES string of the molecule is Cc1cccc(Oc2ccc(NC(=O)Cn3c(Cl)nc4c3c(=O)n(C)c(=O)n4C)cc2)c1. The summed E-state index contributed by atoms with van der Waals surface area (Å²) in [5.41, 5.74) is 0.735. The molecule has 10 heteroatoms. The number of hydrogen-bond donors (Lipinski definition) is 1. The van der Waals surface area contributed by atoms with E-state index in [1.165, 1.54) is 23.2 Å². The lowest BCUT2D eigenvalue weighted by atomic mass is 10.2. The van der Waals surface area contributed by atoms with Gasteiger partial charge in [0.2, 0.25) is 11.2 Å². The second-order valence-corrected chi connectivity index (χ2v) is 7.67. The Kier molecular flexibility index (Phi) is 5.58. The molecule has 2 heterocycles. The standard InChI is InChI=1S/C22H20ClN5O4/c1-13-5-4-6-16(11-13)32-15-9-7-14(8-10-15)24-17(29)12-28-18-19(25-21(28)23)26(2)22(31)27(3)20(18)30/h4-11H,12H2,1-3H3,(H,24,29). The van der Waals surface area contributed by atoms with E-state index in [-0.39, 0.29) is 23.0 Å². The van der Waals surface area contributed by atoms with Gasteiger partial charge < -0.3 is 10.1 Å². The number of aryl methyl sites for hydroxylation is 2. The Hall–Kier alpha value is -3.85. The first-order chi connectivity index (χ1) is 15.2. The highest BCUT2D eigenvalue weighted by Crippen LogP contribution is 2.24. The minimum atomic E-state index is -0.576. The molecule has 2 aromatic carbocycles. The van der Waals surface area contributed by atoms with Crippen molar-refractivity contribution < 1.29 is 9.53 Å². The van der Waals surface area contributed by atoms with Gasteiger partial charge in [-0.1, -0.05) is 12.1 Å². The van der Waals surface area contributed by atoms with Gasteiger partial charge in [0.05, 0.1) is 0 Å². The first kappa shape index (κ1) is 21.4. The van der Waals surface area contributed by atoms with Crippen molar-refractivity contribution in [3.05, 3.63) is 80.2 Å². The molecule has 0 aliphatic carbocycles. The number of aromatic nitrogens is 4.